The van der Waals surface area contributed by atoms with Crippen LogP contribution in [0.15, 0.2) is 18.2 Å². The van der Waals surface area contributed by atoms with E-state index in [0.29, 0.717) is 12.2 Å². The Balaban J connectivity index is 2.29. The number of nitrogens with two attached hydrogens (primary N) is 1. The normalized spacial score (nSPS) is 10.8. The Kier molecular flexibility index (Phi) is 4.98. The van der Waals surface area contributed by atoms with E-state index in [0.717, 1.165) is 11.3 Å². The highest BCUT2D eigenvalue weighted by Gasteiger charge is 2.02. The molecule has 16 heavy (non-hydrogen) atoms. The summed E-state index contributed by atoms with van der Waals surface area (Å²) in [5, 5.41) is 3.03. The molecule has 1 aromatic rings. The molecule has 90 valence electrons. The maximum absolute atomic E-state index is 11.7. The second-order valence-electron chi connectivity index (χ2n) is 3.43. The fourth-order valence-electron chi connectivity index (χ4n) is 1.27. The topological polar surface area (TPSA) is 47.3 Å². The Hall–Kier alpha value is -1.36. The van der Waals surface area contributed by atoms with E-state index in [9.17, 15) is 8.78 Å². The summed E-state index contributed by atoms with van der Waals surface area (Å²) in [5.74, 6) is 0. The molecule has 0 fully saturated rings. The summed E-state index contributed by atoms with van der Waals surface area (Å²) in [5.41, 5.74) is 8.29. The molecule has 0 bridgehead atoms. The summed E-state index contributed by atoms with van der Waals surface area (Å²) >= 11 is 0. The highest BCUT2D eigenvalue weighted by molar-refractivity contribution is 5.69. The third-order valence-electron chi connectivity index (χ3n) is 2.13. The smallest absolute Gasteiger partial charge is 0.261 e. The van der Waals surface area contributed by atoms with Gasteiger partial charge < -0.3 is 15.8 Å². The quantitative estimate of drug-likeness (QED) is 0.582. The molecule has 0 unspecified atom stereocenters. The van der Waals surface area contributed by atoms with Crippen molar-refractivity contribution in [1.29, 1.82) is 0 Å². The number of para-hydroxylation sites is 1. The number of hydrogen-bond donors (Lipinski definition) is 2. The van der Waals surface area contributed by atoms with Crippen molar-refractivity contribution >= 4 is 11.4 Å². The van der Waals surface area contributed by atoms with Crippen molar-refractivity contribution in [3.63, 3.8) is 0 Å². The second-order valence-corrected chi connectivity index (χ2v) is 3.43. The summed E-state index contributed by atoms with van der Waals surface area (Å²) < 4.78 is 28.2. The summed E-state index contributed by atoms with van der Waals surface area (Å²) in [6, 6.07) is 5.64. The molecule has 0 amide bonds. The second kappa shape index (κ2) is 6.27. The van der Waals surface area contributed by atoms with Crippen LogP contribution in [0.4, 0.5) is 20.2 Å². The fourth-order valence-corrected chi connectivity index (χ4v) is 1.27. The van der Waals surface area contributed by atoms with E-state index in [1.54, 1.807) is 0 Å². The number of rotatable bonds is 6. The first kappa shape index (κ1) is 12.7. The van der Waals surface area contributed by atoms with Gasteiger partial charge in [-0.2, -0.15) is 0 Å². The molecular weight excluding hydrogens is 214 g/mol. The van der Waals surface area contributed by atoms with Gasteiger partial charge in [0.05, 0.1) is 18.0 Å². The number of hydrogen-bond acceptors (Lipinski definition) is 3. The van der Waals surface area contributed by atoms with Crippen molar-refractivity contribution in [2.75, 3.05) is 30.8 Å². The van der Waals surface area contributed by atoms with E-state index in [1.807, 2.05) is 25.1 Å². The van der Waals surface area contributed by atoms with Crippen LogP contribution in [-0.2, 0) is 4.74 Å². The molecule has 3 nitrogen and oxygen atoms in total. The molecule has 3 N–H and O–H groups in total. The molecule has 0 radical (unpaired) electrons. The number of halogens is 2. The van der Waals surface area contributed by atoms with E-state index in [4.69, 9.17) is 10.5 Å². The zero-order chi connectivity index (χ0) is 12.0. The zero-order valence-corrected chi connectivity index (χ0v) is 9.17. The number of anilines is 2. The van der Waals surface area contributed by atoms with Gasteiger partial charge in [-0.25, -0.2) is 8.78 Å². The van der Waals surface area contributed by atoms with Crippen molar-refractivity contribution in [3.05, 3.63) is 23.8 Å². The molecule has 0 aromatic heterocycles. The van der Waals surface area contributed by atoms with Crippen LogP contribution in [0.3, 0.4) is 0 Å². The lowest BCUT2D eigenvalue weighted by atomic mass is 10.2. The van der Waals surface area contributed by atoms with E-state index >= 15 is 0 Å². The van der Waals surface area contributed by atoms with Crippen LogP contribution >= 0.6 is 0 Å². The molecule has 0 aliphatic carbocycles. The lowest BCUT2D eigenvalue weighted by molar-refractivity contribution is 0.0215. The van der Waals surface area contributed by atoms with Crippen LogP contribution in [0.2, 0.25) is 0 Å². The standard InChI is InChI=1S/C11H16F2N2O/c1-8-3-2-4-9(11(8)14)15-5-6-16-7-10(12)13/h2-4,10,15H,5-7,14H2,1H3. The van der Waals surface area contributed by atoms with Gasteiger partial charge in [-0.15, -0.1) is 0 Å². The minimum atomic E-state index is -2.41. The Morgan fingerprint density at radius 3 is 2.88 bits per heavy atom. The minimum Gasteiger partial charge on any atom is -0.397 e. The summed E-state index contributed by atoms with van der Waals surface area (Å²) in [6.07, 6.45) is -2.41. The molecule has 0 aliphatic heterocycles. The van der Waals surface area contributed by atoms with Crippen molar-refractivity contribution in [2.45, 2.75) is 13.3 Å². The highest BCUT2D eigenvalue weighted by Crippen LogP contribution is 2.21. The monoisotopic (exact) mass is 230 g/mol. The molecule has 0 heterocycles. The minimum absolute atomic E-state index is 0.234. The van der Waals surface area contributed by atoms with E-state index in [-0.39, 0.29) is 6.61 Å². The first-order valence-electron chi connectivity index (χ1n) is 5.06. The number of nitrogens with one attached hydrogen (secondary N) is 1. The molecule has 1 rings (SSSR count). The van der Waals surface area contributed by atoms with Crippen molar-refractivity contribution in [3.8, 4) is 0 Å². The highest BCUT2D eigenvalue weighted by atomic mass is 19.3. The van der Waals surface area contributed by atoms with Gasteiger partial charge >= 0.3 is 0 Å². The maximum Gasteiger partial charge on any atom is 0.261 e. The van der Waals surface area contributed by atoms with Crippen LogP contribution in [0, 0.1) is 6.92 Å². The number of ether oxygens (including phenoxy) is 1. The van der Waals surface area contributed by atoms with Gasteiger partial charge in [0.1, 0.15) is 6.61 Å². The fraction of sp³-hybridized carbons (Fsp3) is 0.455. The Labute approximate surface area is 93.6 Å². The SMILES string of the molecule is Cc1cccc(NCCOCC(F)F)c1N. The van der Waals surface area contributed by atoms with Crippen LogP contribution < -0.4 is 11.1 Å². The van der Waals surface area contributed by atoms with Gasteiger partial charge in [0.15, 0.2) is 0 Å². The average molecular weight is 230 g/mol. The van der Waals surface area contributed by atoms with E-state index in [1.165, 1.54) is 0 Å². The predicted molar refractivity (Wildman–Crippen MR) is 60.9 cm³/mol. The summed E-state index contributed by atoms with van der Waals surface area (Å²) in [6.45, 7) is 2.08. The molecular formula is C11H16F2N2O. The first-order valence-corrected chi connectivity index (χ1v) is 5.06. The Bertz CT molecular complexity index is 332. The zero-order valence-electron chi connectivity index (χ0n) is 9.17. The molecule has 5 heteroatoms. The van der Waals surface area contributed by atoms with Gasteiger partial charge in [-0.05, 0) is 18.6 Å². The first-order chi connectivity index (χ1) is 7.61. The van der Waals surface area contributed by atoms with Gasteiger partial charge in [0, 0.05) is 6.54 Å². The number of benzene rings is 1. The van der Waals surface area contributed by atoms with Crippen LogP contribution in [0.1, 0.15) is 5.56 Å². The molecule has 0 spiro atoms. The van der Waals surface area contributed by atoms with Crippen LogP contribution in [0.5, 0.6) is 0 Å². The Morgan fingerprint density at radius 1 is 1.44 bits per heavy atom. The number of aryl methyl sites for hydroxylation is 1. The van der Waals surface area contributed by atoms with Gasteiger partial charge in [-0.1, -0.05) is 12.1 Å². The van der Waals surface area contributed by atoms with Crippen LogP contribution in [0.25, 0.3) is 0 Å². The lowest BCUT2D eigenvalue weighted by Gasteiger charge is -2.11. The van der Waals surface area contributed by atoms with E-state index in [2.05, 4.69) is 5.32 Å². The lowest BCUT2D eigenvalue weighted by Crippen LogP contribution is -2.14. The Morgan fingerprint density at radius 2 is 2.19 bits per heavy atom. The van der Waals surface area contributed by atoms with Crippen molar-refractivity contribution in [2.24, 2.45) is 0 Å². The van der Waals surface area contributed by atoms with Gasteiger partial charge in [0.25, 0.3) is 6.43 Å². The van der Waals surface area contributed by atoms with Gasteiger partial charge in [0.2, 0.25) is 0 Å². The molecule has 1 aromatic carbocycles. The summed E-state index contributed by atoms with van der Waals surface area (Å²) in [7, 11) is 0. The third kappa shape index (κ3) is 4.02. The maximum atomic E-state index is 11.7. The largest absolute Gasteiger partial charge is 0.397 e. The predicted octanol–water partition coefficient (Wildman–Crippen LogP) is 2.27. The molecule has 0 aliphatic rings. The molecule has 0 saturated carbocycles. The number of alkyl halides is 2. The van der Waals surface area contributed by atoms with Crippen LogP contribution in [-0.4, -0.2) is 26.2 Å². The summed E-state index contributed by atoms with van der Waals surface area (Å²) in [4.78, 5) is 0. The average Bonchev–Trinajstić information content (AvgIpc) is 2.23. The number of nitrogen functional groups attached to an aromatic ring is 1. The van der Waals surface area contributed by atoms with E-state index < -0.39 is 13.0 Å². The van der Waals surface area contributed by atoms with Crippen molar-refractivity contribution in [1.82, 2.24) is 0 Å². The molecule has 0 saturated heterocycles. The van der Waals surface area contributed by atoms with Crippen molar-refractivity contribution < 1.29 is 13.5 Å². The molecule has 0 atom stereocenters. The third-order valence-corrected chi connectivity index (χ3v) is 2.13. The van der Waals surface area contributed by atoms with Gasteiger partial charge in [-0.3, -0.25) is 0 Å².